The molecular weight excluding hydrogens is 196 g/mol. The van der Waals surface area contributed by atoms with E-state index in [4.69, 9.17) is 0 Å². The SMILES string of the molecule is c1ccc(Cn2ncc3c2CCCC3)cc1. The Balaban J connectivity index is 1.88. The first kappa shape index (κ1) is 9.64. The monoisotopic (exact) mass is 212 g/mol. The summed E-state index contributed by atoms with van der Waals surface area (Å²) in [5, 5.41) is 4.51. The fourth-order valence-corrected chi connectivity index (χ4v) is 2.45. The molecular formula is C14H16N2. The molecule has 2 nitrogen and oxygen atoms in total. The first-order valence-corrected chi connectivity index (χ1v) is 6.01. The molecule has 1 aromatic heterocycles. The lowest BCUT2D eigenvalue weighted by atomic mass is 9.98. The van der Waals surface area contributed by atoms with Gasteiger partial charge in [0.25, 0.3) is 0 Å². The average molecular weight is 212 g/mol. The van der Waals surface area contributed by atoms with Gasteiger partial charge >= 0.3 is 0 Å². The molecule has 0 spiro atoms. The summed E-state index contributed by atoms with van der Waals surface area (Å²) in [7, 11) is 0. The molecule has 0 atom stereocenters. The molecule has 3 rings (SSSR count). The Morgan fingerprint density at radius 3 is 2.75 bits per heavy atom. The van der Waals surface area contributed by atoms with Gasteiger partial charge in [0.1, 0.15) is 0 Å². The Hall–Kier alpha value is -1.57. The Labute approximate surface area is 95.9 Å². The van der Waals surface area contributed by atoms with Crippen LogP contribution in [0.3, 0.4) is 0 Å². The van der Waals surface area contributed by atoms with Gasteiger partial charge in [-0.3, -0.25) is 4.68 Å². The van der Waals surface area contributed by atoms with Crippen molar-refractivity contribution in [2.24, 2.45) is 0 Å². The van der Waals surface area contributed by atoms with Crippen LogP contribution in [0, 0.1) is 0 Å². The van der Waals surface area contributed by atoms with E-state index in [1.165, 1.54) is 42.5 Å². The lowest BCUT2D eigenvalue weighted by Gasteiger charge is -2.13. The maximum atomic E-state index is 4.51. The number of aromatic nitrogens is 2. The first-order valence-electron chi connectivity index (χ1n) is 6.01. The first-order chi connectivity index (χ1) is 7.93. The van der Waals surface area contributed by atoms with E-state index in [2.05, 4.69) is 46.3 Å². The van der Waals surface area contributed by atoms with Gasteiger partial charge in [0.05, 0.1) is 12.7 Å². The zero-order valence-corrected chi connectivity index (χ0v) is 9.39. The van der Waals surface area contributed by atoms with E-state index < -0.39 is 0 Å². The maximum absolute atomic E-state index is 4.51. The molecule has 0 amide bonds. The third kappa shape index (κ3) is 1.75. The van der Waals surface area contributed by atoms with Crippen LogP contribution in [0.5, 0.6) is 0 Å². The smallest absolute Gasteiger partial charge is 0.0662 e. The predicted octanol–water partition coefficient (Wildman–Crippen LogP) is 2.81. The minimum atomic E-state index is 0.913. The molecule has 0 aliphatic heterocycles. The van der Waals surface area contributed by atoms with E-state index in [1.807, 2.05) is 0 Å². The van der Waals surface area contributed by atoms with Crippen LogP contribution in [0.4, 0.5) is 0 Å². The van der Waals surface area contributed by atoms with Crippen molar-refractivity contribution in [2.75, 3.05) is 0 Å². The van der Waals surface area contributed by atoms with E-state index in [0.29, 0.717) is 0 Å². The number of nitrogens with zero attached hydrogens (tertiary/aromatic N) is 2. The lowest BCUT2D eigenvalue weighted by Crippen LogP contribution is -2.10. The van der Waals surface area contributed by atoms with Crippen LogP contribution in [0.2, 0.25) is 0 Å². The van der Waals surface area contributed by atoms with Crippen LogP contribution in [0.15, 0.2) is 36.5 Å². The molecule has 0 N–H and O–H groups in total. The normalized spacial score (nSPS) is 14.8. The summed E-state index contributed by atoms with van der Waals surface area (Å²) >= 11 is 0. The third-order valence-electron chi connectivity index (χ3n) is 3.32. The van der Waals surface area contributed by atoms with Gasteiger partial charge < -0.3 is 0 Å². The Kier molecular flexibility index (Phi) is 2.49. The van der Waals surface area contributed by atoms with E-state index in [0.717, 1.165) is 6.54 Å². The van der Waals surface area contributed by atoms with Crippen molar-refractivity contribution in [1.82, 2.24) is 9.78 Å². The molecule has 1 heterocycles. The van der Waals surface area contributed by atoms with Crippen LogP contribution in [0.1, 0.15) is 29.7 Å². The number of rotatable bonds is 2. The summed E-state index contributed by atoms with van der Waals surface area (Å²) in [6.45, 7) is 0.913. The summed E-state index contributed by atoms with van der Waals surface area (Å²) in [6.07, 6.45) is 7.10. The number of hydrogen-bond donors (Lipinski definition) is 0. The molecule has 1 aliphatic rings. The second-order valence-electron chi connectivity index (χ2n) is 4.47. The van der Waals surface area contributed by atoms with E-state index in [-0.39, 0.29) is 0 Å². The van der Waals surface area contributed by atoms with Crippen molar-refractivity contribution in [1.29, 1.82) is 0 Å². The fraction of sp³-hybridized carbons (Fsp3) is 0.357. The highest BCUT2D eigenvalue weighted by Crippen LogP contribution is 2.21. The topological polar surface area (TPSA) is 17.8 Å². The molecule has 0 saturated heterocycles. The molecule has 1 aromatic carbocycles. The number of aryl methyl sites for hydroxylation is 1. The molecule has 0 fully saturated rings. The number of fused-ring (bicyclic) bond motifs is 1. The van der Waals surface area contributed by atoms with E-state index >= 15 is 0 Å². The van der Waals surface area contributed by atoms with Gasteiger partial charge in [-0.2, -0.15) is 5.10 Å². The molecule has 1 aliphatic carbocycles. The Morgan fingerprint density at radius 1 is 1.06 bits per heavy atom. The van der Waals surface area contributed by atoms with Crippen LogP contribution < -0.4 is 0 Å². The molecule has 2 heteroatoms. The van der Waals surface area contributed by atoms with Crippen LogP contribution in [-0.2, 0) is 19.4 Å². The predicted molar refractivity (Wildman–Crippen MR) is 64.4 cm³/mol. The summed E-state index contributed by atoms with van der Waals surface area (Å²) in [4.78, 5) is 0. The molecule has 2 aromatic rings. The van der Waals surface area contributed by atoms with Gasteiger partial charge in [-0.1, -0.05) is 30.3 Å². The standard InChI is InChI=1S/C14H16N2/c1-2-6-12(7-3-1)11-16-14-9-5-4-8-13(14)10-15-16/h1-3,6-7,10H,4-5,8-9,11H2. The largest absolute Gasteiger partial charge is 0.265 e. The van der Waals surface area contributed by atoms with E-state index in [1.54, 1.807) is 0 Å². The quantitative estimate of drug-likeness (QED) is 0.748. The molecule has 82 valence electrons. The summed E-state index contributed by atoms with van der Waals surface area (Å²) in [5.74, 6) is 0. The summed E-state index contributed by atoms with van der Waals surface area (Å²) < 4.78 is 2.17. The molecule has 0 saturated carbocycles. The zero-order valence-electron chi connectivity index (χ0n) is 9.39. The van der Waals surface area contributed by atoms with Gasteiger partial charge in [0.2, 0.25) is 0 Å². The second-order valence-corrected chi connectivity index (χ2v) is 4.47. The van der Waals surface area contributed by atoms with Crippen molar-refractivity contribution in [3.8, 4) is 0 Å². The second kappa shape index (κ2) is 4.12. The highest BCUT2D eigenvalue weighted by atomic mass is 15.3. The van der Waals surface area contributed by atoms with E-state index in [9.17, 15) is 0 Å². The summed E-state index contributed by atoms with van der Waals surface area (Å²) in [6, 6.07) is 10.6. The Bertz CT molecular complexity index is 471. The van der Waals surface area contributed by atoms with Crippen LogP contribution >= 0.6 is 0 Å². The number of hydrogen-bond acceptors (Lipinski definition) is 1. The van der Waals surface area contributed by atoms with Gasteiger partial charge in [-0.05, 0) is 36.8 Å². The molecule has 0 unspecified atom stereocenters. The zero-order chi connectivity index (χ0) is 10.8. The van der Waals surface area contributed by atoms with Gasteiger partial charge in [-0.15, -0.1) is 0 Å². The van der Waals surface area contributed by atoms with Crippen molar-refractivity contribution < 1.29 is 0 Å². The fourth-order valence-electron chi connectivity index (χ4n) is 2.45. The van der Waals surface area contributed by atoms with Crippen molar-refractivity contribution in [3.05, 3.63) is 53.3 Å². The lowest BCUT2D eigenvalue weighted by molar-refractivity contribution is 0.595. The minimum absolute atomic E-state index is 0.913. The maximum Gasteiger partial charge on any atom is 0.0662 e. The van der Waals surface area contributed by atoms with Gasteiger partial charge in [0, 0.05) is 5.69 Å². The van der Waals surface area contributed by atoms with Crippen molar-refractivity contribution >= 4 is 0 Å². The minimum Gasteiger partial charge on any atom is -0.265 e. The molecule has 0 bridgehead atoms. The van der Waals surface area contributed by atoms with Gasteiger partial charge in [0.15, 0.2) is 0 Å². The summed E-state index contributed by atoms with van der Waals surface area (Å²) in [5.41, 5.74) is 4.25. The Morgan fingerprint density at radius 2 is 1.88 bits per heavy atom. The average Bonchev–Trinajstić information content (AvgIpc) is 2.74. The highest BCUT2D eigenvalue weighted by molar-refractivity contribution is 5.22. The van der Waals surface area contributed by atoms with Crippen molar-refractivity contribution in [2.45, 2.75) is 32.2 Å². The molecule has 16 heavy (non-hydrogen) atoms. The van der Waals surface area contributed by atoms with Crippen LogP contribution in [-0.4, -0.2) is 9.78 Å². The third-order valence-corrected chi connectivity index (χ3v) is 3.32. The molecule has 0 radical (unpaired) electrons. The number of benzene rings is 1. The highest BCUT2D eigenvalue weighted by Gasteiger charge is 2.14. The van der Waals surface area contributed by atoms with Crippen LogP contribution in [0.25, 0.3) is 0 Å². The van der Waals surface area contributed by atoms with Gasteiger partial charge in [-0.25, -0.2) is 0 Å². The van der Waals surface area contributed by atoms with Crippen molar-refractivity contribution in [3.63, 3.8) is 0 Å².